The van der Waals surface area contributed by atoms with E-state index >= 15 is 0 Å². The van der Waals surface area contributed by atoms with Gasteiger partial charge >= 0.3 is 0 Å². The van der Waals surface area contributed by atoms with Crippen LogP contribution in [-0.4, -0.2) is 37.6 Å². The van der Waals surface area contributed by atoms with Gasteiger partial charge in [-0.25, -0.2) is 5.06 Å². The van der Waals surface area contributed by atoms with Crippen molar-refractivity contribution in [3.63, 3.8) is 0 Å². The standard InChI is InChI=1S/C11H13BrN2O3/c1-14(17-2)10(15)7-13-11(16)8-5-3-4-6-9(8)12/h3-6H,7H2,1-2H3,(H,13,16). The summed E-state index contributed by atoms with van der Waals surface area (Å²) in [6.45, 7) is -0.107. The monoisotopic (exact) mass is 300 g/mol. The first-order valence-corrected chi connectivity index (χ1v) is 5.69. The molecule has 0 aliphatic rings. The Bertz CT molecular complexity index is 423. The SMILES string of the molecule is CON(C)C(=O)CNC(=O)c1ccccc1Br. The van der Waals surface area contributed by atoms with Crippen LogP contribution in [0.3, 0.4) is 0 Å². The Morgan fingerprint density at radius 2 is 2.06 bits per heavy atom. The van der Waals surface area contributed by atoms with Gasteiger partial charge in [-0.2, -0.15) is 0 Å². The van der Waals surface area contributed by atoms with Crippen LogP contribution in [0.25, 0.3) is 0 Å². The van der Waals surface area contributed by atoms with Crippen molar-refractivity contribution >= 4 is 27.7 Å². The van der Waals surface area contributed by atoms with Crippen LogP contribution in [0.4, 0.5) is 0 Å². The fourth-order valence-corrected chi connectivity index (χ4v) is 1.57. The van der Waals surface area contributed by atoms with Crippen LogP contribution in [0.15, 0.2) is 28.7 Å². The predicted molar refractivity (Wildman–Crippen MR) is 66.3 cm³/mol. The van der Waals surface area contributed by atoms with Gasteiger partial charge in [0.2, 0.25) is 0 Å². The Labute approximate surface area is 108 Å². The Kier molecular flexibility index (Phi) is 5.11. The lowest BCUT2D eigenvalue weighted by Crippen LogP contribution is -2.37. The van der Waals surface area contributed by atoms with E-state index < -0.39 is 0 Å². The zero-order valence-electron chi connectivity index (χ0n) is 9.57. The topological polar surface area (TPSA) is 58.6 Å². The maximum Gasteiger partial charge on any atom is 0.265 e. The van der Waals surface area contributed by atoms with Crippen LogP contribution < -0.4 is 5.32 Å². The van der Waals surface area contributed by atoms with Gasteiger partial charge in [-0.3, -0.25) is 14.4 Å². The maximum atomic E-state index is 11.7. The molecule has 5 nitrogen and oxygen atoms in total. The average molecular weight is 301 g/mol. The van der Waals surface area contributed by atoms with E-state index in [0.29, 0.717) is 10.0 Å². The summed E-state index contributed by atoms with van der Waals surface area (Å²) < 4.78 is 0.685. The number of carbonyl (C=O) groups is 2. The van der Waals surface area contributed by atoms with Crippen molar-refractivity contribution in [2.45, 2.75) is 0 Å². The zero-order valence-corrected chi connectivity index (χ0v) is 11.2. The molecule has 1 aromatic carbocycles. The van der Waals surface area contributed by atoms with Gasteiger partial charge in [-0.1, -0.05) is 12.1 Å². The van der Waals surface area contributed by atoms with Gasteiger partial charge < -0.3 is 5.32 Å². The second kappa shape index (κ2) is 6.36. The Morgan fingerprint density at radius 3 is 2.65 bits per heavy atom. The van der Waals surface area contributed by atoms with E-state index in [1.54, 1.807) is 18.2 Å². The smallest absolute Gasteiger partial charge is 0.265 e. The summed E-state index contributed by atoms with van der Waals surface area (Å²) in [5, 5.41) is 3.57. The fraction of sp³-hybridized carbons (Fsp3) is 0.273. The molecular formula is C11H13BrN2O3. The third-order valence-corrected chi connectivity index (χ3v) is 2.84. The number of likely N-dealkylation sites (N-methyl/N-ethyl adjacent to an activating group) is 1. The first kappa shape index (κ1) is 13.7. The molecule has 0 aromatic heterocycles. The molecule has 0 saturated heterocycles. The Hall–Kier alpha value is -1.40. The van der Waals surface area contributed by atoms with Crippen molar-refractivity contribution < 1.29 is 14.4 Å². The number of nitrogens with zero attached hydrogens (tertiary/aromatic N) is 1. The number of hydrogen-bond donors (Lipinski definition) is 1. The summed E-state index contributed by atoms with van der Waals surface area (Å²) in [5.41, 5.74) is 0.486. The molecule has 0 spiro atoms. The molecule has 0 fully saturated rings. The molecule has 6 heteroatoms. The van der Waals surface area contributed by atoms with Crippen molar-refractivity contribution in [2.75, 3.05) is 20.7 Å². The van der Waals surface area contributed by atoms with Gasteiger partial charge in [0.1, 0.15) is 0 Å². The first-order chi connectivity index (χ1) is 8.06. The second-order valence-electron chi connectivity index (χ2n) is 3.24. The van der Waals surface area contributed by atoms with Crippen LogP contribution in [0.2, 0.25) is 0 Å². The second-order valence-corrected chi connectivity index (χ2v) is 4.09. The molecule has 0 heterocycles. The van der Waals surface area contributed by atoms with Gasteiger partial charge in [0.05, 0.1) is 19.2 Å². The highest BCUT2D eigenvalue weighted by atomic mass is 79.9. The van der Waals surface area contributed by atoms with E-state index in [1.165, 1.54) is 14.2 Å². The molecule has 1 rings (SSSR count). The van der Waals surface area contributed by atoms with E-state index in [9.17, 15) is 9.59 Å². The summed E-state index contributed by atoms with van der Waals surface area (Å²) in [4.78, 5) is 27.8. The van der Waals surface area contributed by atoms with E-state index in [-0.39, 0.29) is 18.4 Å². The molecule has 0 atom stereocenters. The molecule has 17 heavy (non-hydrogen) atoms. The summed E-state index contributed by atoms with van der Waals surface area (Å²) in [7, 11) is 2.86. The lowest BCUT2D eigenvalue weighted by atomic mass is 10.2. The summed E-state index contributed by atoms with van der Waals surface area (Å²) in [6.07, 6.45) is 0. The zero-order chi connectivity index (χ0) is 12.8. The number of hydroxylamine groups is 2. The summed E-state index contributed by atoms with van der Waals surface area (Å²) in [5.74, 6) is -0.636. The van der Waals surface area contributed by atoms with Gasteiger partial charge in [0.15, 0.2) is 0 Å². The number of rotatable bonds is 4. The molecule has 0 saturated carbocycles. The number of amides is 2. The normalized spacial score (nSPS) is 9.82. The van der Waals surface area contributed by atoms with E-state index in [1.807, 2.05) is 6.07 Å². The van der Waals surface area contributed by atoms with Gasteiger partial charge in [0, 0.05) is 11.5 Å². The van der Waals surface area contributed by atoms with Crippen molar-refractivity contribution in [1.82, 2.24) is 10.4 Å². The van der Waals surface area contributed by atoms with Crippen LogP contribution in [0.5, 0.6) is 0 Å². The average Bonchev–Trinajstić information content (AvgIpc) is 2.35. The van der Waals surface area contributed by atoms with Crippen LogP contribution >= 0.6 is 15.9 Å². The quantitative estimate of drug-likeness (QED) is 0.850. The lowest BCUT2D eigenvalue weighted by molar-refractivity contribution is -0.167. The van der Waals surface area contributed by atoms with Gasteiger partial charge in [-0.15, -0.1) is 0 Å². The summed E-state index contributed by atoms with van der Waals surface area (Å²) >= 11 is 3.27. The molecule has 0 radical (unpaired) electrons. The molecule has 2 amide bonds. The van der Waals surface area contributed by atoms with Crippen molar-refractivity contribution in [3.05, 3.63) is 34.3 Å². The summed E-state index contributed by atoms with van der Waals surface area (Å²) in [6, 6.07) is 7.00. The molecule has 1 N–H and O–H groups in total. The number of halogens is 1. The highest BCUT2D eigenvalue weighted by molar-refractivity contribution is 9.10. The Balaban J connectivity index is 2.57. The molecule has 0 aliphatic carbocycles. The van der Waals surface area contributed by atoms with Gasteiger partial charge in [-0.05, 0) is 28.1 Å². The fourth-order valence-electron chi connectivity index (χ4n) is 1.11. The number of hydrogen-bond acceptors (Lipinski definition) is 3. The predicted octanol–water partition coefficient (Wildman–Crippen LogP) is 1.20. The third kappa shape index (κ3) is 3.83. The molecule has 1 aromatic rings. The van der Waals surface area contributed by atoms with Crippen molar-refractivity contribution in [3.8, 4) is 0 Å². The number of nitrogens with one attached hydrogen (secondary N) is 1. The maximum absolute atomic E-state index is 11.7. The molecule has 0 unspecified atom stereocenters. The minimum Gasteiger partial charge on any atom is -0.343 e. The molecular weight excluding hydrogens is 288 g/mol. The lowest BCUT2D eigenvalue weighted by Gasteiger charge is -2.14. The molecule has 0 bridgehead atoms. The molecule has 92 valence electrons. The van der Waals surface area contributed by atoms with Crippen molar-refractivity contribution in [2.24, 2.45) is 0 Å². The van der Waals surface area contributed by atoms with Gasteiger partial charge in [0.25, 0.3) is 11.8 Å². The minimum atomic E-state index is -0.326. The Morgan fingerprint density at radius 1 is 1.41 bits per heavy atom. The van der Waals surface area contributed by atoms with E-state index in [0.717, 1.165) is 5.06 Å². The highest BCUT2D eigenvalue weighted by Crippen LogP contribution is 2.15. The van der Waals surface area contributed by atoms with Crippen LogP contribution in [0, 0.1) is 0 Å². The third-order valence-electron chi connectivity index (χ3n) is 2.14. The van der Waals surface area contributed by atoms with E-state index in [2.05, 4.69) is 21.2 Å². The first-order valence-electron chi connectivity index (χ1n) is 4.89. The number of carbonyl (C=O) groups excluding carboxylic acids is 2. The van der Waals surface area contributed by atoms with E-state index in [4.69, 9.17) is 4.84 Å². The highest BCUT2D eigenvalue weighted by Gasteiger charge is 2.12. The largest absolute Gasteiger partial charge is 0.343 e. The number of benzene rings is 1. The van der Waals surface area contributed by atoms with Crippen LogP contribution in [-0.2, 0) is 9.63 Å². The molecule has 0 aliphatic heterocycles. The minimum absolute atomic E-state index is 0.107. The van der Waals surface area contributed by atoms with Crippen LogP contribution in [0.1, 0.15) is 10.4 Å². The van der Waals surface area contributed by atoms with Crippen molar-refractivity contribution in [1.29, 1.82) is 0 Å².